The molecule has 5 heteroatoms. The lowest BCUT2D eigenvalue weighted by molar-refractivity contribution is -0.158. The Morgan fingerprint density at radius 1 is 1.24 bits per heavy atom. The minimum absolute atomic E-state index is 0.0482. The number of Topliss-reactive ketones (excluding diaryl/α,β-unsaturated/α-hetero) is 1. The van der Waals surface area contributed by atoms with Crippen LogP contribution in [0.1, 0.15) is 47.0 Å². The van der Waals surface area contributed by atoms with E-state index in [1.165, 1.54) is 0 Å². The summed E-state index contributed by atoms with van der Waals surface area (Å²) in [4.78, 5) is 26.7. The summed E-state index contributed by atoms with van der Waals surface area (Å²) in [6.45, 7) is 10.8. The van der Waals surface area contributed by atoms with Gasteiger partial charge in [-0.1, -0.05) is 6.92 Å². The lowest BCUT2D eigenvalue weighted by Crippen LogP contribution is -2.49. The standard InChI is InChI=1S/C16H30N2O3/c1-5-11-18(13-7-9-17-10-8-13)12-14(19)16(3,4)15(20)21-6-2/h13,17H,5-12H2,1-4H3. The summed E-state index contributed by atoms with van der Waals surface area (Å²) in [6.07, 6.45) is 3.14. The maximum atomic E-state index is 12.6. The SMILES string of the molecule is CCCN(CC(=O)C(C)(C)C(=O)OCC)C1CCNCC1. The first-order chi connectivity index (χ1) is 9.93. The molecule has 1 saturated heterocycles. The molecule has 1 fully saturated rings. The van der Waals surface area contributed by atoms with Crippen LogP contribution in [0.15, 0.2) is 0 Å². The molecule has 0 aromatic heterocycles. The molecule has 0 amide bonds. The largest absolute Gasteiger partial charge is 0.465 e. The number of hydrogen-bond acceptors (Lipinski definition) is 5. The summed E-state index contributed by atoms with van der Waals surface area (Å²) in [7, 11) is 0. The van der Waals surface area contributed by atoms with Gasteiger partial charge in [0.25, 0.3) is 0 Å². The first kappa shape index (κ1) is 18.1. The average Bonchev–Trinajstić information content (AvgIpc) is 2.47. The number of nitrogens with zero attached hydrogens (tertiary/aromatic N) is 1. The fourth-order valence-electron chi connectivity index (χ4n) is 2.66. The van der Waals surface area contributed by atoms with Crippen molar-refractivity contribution in [3.63, 3.8) is 0 Å². The zero-order valence-electron chi connectivity index (χ0n) is 13.9. The Labute approximate surface area is 128 Å². The Hall–Kier alpha value is -0.940. The van der Waals surface area contributed by atoms with Crippen molar-refractivity contribution < 1.29 is 14.3 Å². The molecule has 0 saturated carbocycles. The highest BCUT2D eigenvalue weighted by Crippen LogP contribution is 2.21. The molecular formula is C16H30N2O3. The Kier molecular flexibility index (Phi) is 7.32. The molecule has 0 aromatic carbocycles. The van der Waals surface area contributed by atoms with Crippen molar-refractivity contribution >= 4 is 11.8 Å². The molecule has 0 aromatic rings. The van der Waals surface area contributed by atoms with Gasteiger partial charge in [-0.05, 0) is 59.7 Å². The van der Waals surface area contributed by atoms with Gasteiger partial charge in [-0.25, -0.2) is 0 Å². The van der Waals surface area contributed by atoms with Gasteiger partial charge in [-0.3, -0.25) is 14.5 Å². The molecule has 1 aliphatic heterocycles. The van der Waals surface area contributed by atoms with Crippen LogP contribution in [0.2, 0.25) is 0 Å². The van der Waals surface area contributed by atoms with Crippen LogP contribution in [-0.2, 0) is 14.3 Å². The molecule has 0 unspecified atom stereocenters. The van der Waals surface area contributed by atoms with Crippen molar-refractivity contribution in [2.45, 2.75) is 53.0 Å². The number of ether oxygens (including phenoxy) is 1. The number of rotatable bonds is 8. The lowest BCUT2D eigenvalue weighted by Gasteiger charge is -2.35. The quantitative estimate of drug-likeness (QED) is 0.545. The Morgan fingerprint density at radius 3 is 2.38 bits per heavy atom. The molecule has 122 valence electrons. The number of esters is 1. The van der Waals surface area contributed by atoms with E-state index >= 15 is 0 Å². The van der Waals surface area contributed by atoms with E-state index in [1.807, 2.05) is 0 Å². The zero-order valence-corrected chi connectivity index (χ0v) is 13.9. The Balaban J connectivity index is 2.68. The van der Waals surface area contributed by atoms with Crippen LogP contribution < -0.4 is 5.32 Å². The molecule has 0 spiro atoms. The van der Waals surface area contributed by atoms with Crippen LogP contribution >= 0.6 is 0 Å². The first-order valence-electron chi connectivity index (χ1n) is 8.08. The van der Waals surface area contributed by atoms with E-state index < -0.39 is 11.4 Å². The van der Waals surface area contributed by atoms with Gasteiger partial charge < -0.3 is 10.1 Å². The minimum atomic E-state index is -1.06. The van der Waals surface area contributed by atoms with E-state index in [4.69, 9.17) is 4.74 Å². The number of carbonyl (C=O) groups is 2. The molecule has 1 heterocycles. The monoisotopic (exact) mass is 298 g/mol. The normalized spacial score (nSPS) is 17.0. The fraction of sp³-hybridized carbons (Fsp3) is 0.875. The number of hydrogen-bond donors (Lipinski definition) is 1. The first-order valence-corrected chi connectivity index (χ1v) is 8.08. The molecule has 0 aliphatic carbocycles. The van der Waals surface area contributed by atoms with Crippen molar-refractivity contribution in [1.82, 2.24) is 10.2 Å². The molecule has 5 nitrogen and oxygen atoms in total. The van der Waals surface area contributed by atoms with Crippen LogP contribution in [-0.4, -0.2) is 55.5 Å². The van der Waals surface area contributed by atoms with Gasteiger partial charge in [-0.2, -0.15) is 0 Å². The van der Waals surface area contributed by atoms with E-state index in [1.54, 1.807) is 20.8 Å². The van der Waals surface area contributed by atoms with Gasteiger partial charge in [0, 0.05) is 6.04 Å². The van der Waals surface area contributed by atoms with Crippen molar-refractivity contribution in [1.29, 1.82) is 0 Å². The van der Waals surface area contributed by atoms with Gasteiger partial charge in [0.05, 0.1) is 13.2 Å². The van der Waals surface area contributed by atoms with Crippen molar-refractivity contribution in [3.05, 3.63) is 0 Å². The second-order valence-corrected chi connectivity index (χ2v) is 6.22. The van der Waals surface area contributed by atoms with Gasteiger partial charge in [0.15, 0.2) is 5.78 Å². The van der Waals surface area contributed by atoms with E-state index in [0.29, 0.717) is 19.2 Å². The van der Waals surface area contributed by atoms with E-state index in [0.717, 1.165) is 38.9 Å². The number of nitrogens with one attached hydrogen (secondary N) is 1. The maximum absolute atomic E-state index is 12.6. The molecule has 1 rings (SSSR count). The summed E-state index contributed by atoms with van der Waals surface area (Å²) in [5, 5.41) is 3.34. The van der Waals surface area contributed by atoms with Crippen molar-refractivity contribution in [3.8, 4) is 0 Å². The van der Waals surface area contributed by atoms with Crippen LogP contribution in [0.4, 0.5) is 0 Å². The third-order valence-corrected chi connectivity index (χ3v) is 4.17. The molecular weight excluding hydrogens is 268 g/mol. The number of carbonyl (C=O) groups excluding carboxylic acids is 2. The molecule has 0 atom stereocenters. The lowest BCUT2D eigenvalue weighted by atomic mass is 9.87. The smallest absolute Gasteiger partial charge is 0.319 e. The van der Waals surface area contributed by atoms with Crippen molar-refractivity contribution in [2.75, 3.05) is 32.8 Å². The molecule has 1 N–H and O–H groups in total. The average molecular weight is 298 g/mol. The summed E-state index contributed by atoms with van der Waals surface area (Å²) >= 11 is 0. The highest BCUT2D eigenvalue weighted by molar-refractivity contribution is 6.03. The fourth-order valence-corrected chi connectivity index (χ4v) is 2.66. The molecule has 0 bridgehead atoms. The zero-order chi connectivity index (χ0) is 15.9. The topological polar surface area (TPSA) is 58.6 Å². The van der Waals surface area contributed by atoms with Crippen LogP contribution in [0.25, 0.3) is 0 Å². The van der Waals surface area contributed by atoms with Gasteiger partial charge in [0.1, 0.15) is 5.41 Å². The summed E-state index contributed by atoms with van der Waals surface area (Å²) in [5.74, 6) is -0.468. The predicted octanol–water partition coefficient (Wildman–Crippen LogP) is 1.61. The van der Waals surface area contributed by atoms with Crippen LogP contribution in [0.5, 0.6) is 0 Å². The van der Waals surface area contributed by atoms with E-state index in [-0.39, 0.29) is 5.78 Å². The highest BCUT2D eigenvalue weighted by atomic mass is 16.5. The minimum Gasteiger partial charge on any atom is -0.465 e. The summed E-state index contributed by atoms with van der Waals surface area (Å²) in [5.41, 5.74) is -1.06. The highest BCUT2D eigenvalue weighted by Gasteiger charge is 2.38. The number of piperidine rings is 1. The Bertz CT molecular complexity index is 349. The molecule has 1 aliphatic rings. The second kappa shape index (κ2) is 8.49. The maximum Gasteiger partial charge on any atom is 0.319 e. The van der Waals surface area contributed by atoms with Gasteiger partial charge >= 0.3 is 5.97 Å². The van der Waals surface area contributed by atoms with Crippen molar-refractivity contribution in [2.24, 2.45) is 5.41 Å². The predicted molar refractivity (Wildman–Crippen MR) is 83.2 cm³/mol. The molecule has 21 heavy (non-hydrogen) atoms. The van der Waals surface area contributed by atoms with Crippen LogP contribution in [0.3, 0.4) is 0 Å². The number of ketones is 1. The summed E-state index contributed by atoms with van der Waals surface area (Å²) in [6, 6.07) is 0.438. The summed E-state index contributed by atoms with van der Waals surface area (Å²) < 4.78 is 5.03. The Morgan fingerprint density at radius 2 is 1.86 bits per heavy atom. The molecule has 0 radical (unpaired) electrons. The van der Waals surface area contributed by atoms with Crippen LogP contribution in [0, 0.1) is 5.41 Å². The third kappa shape index (κ3) is 5.08. The third-order valence-electron chi connectivity index (χ3n) is 4.17. The van der Waals surface area contributed by atoms with Gasteiger partial charge in [0.2, 0.25) is 0 Å². The second-order valence-electron chi connectivity index (χ2n) is 6.22. The van der Waals surface area contributed by atoms with Gasteiger partial charge in [-0.15, -0.1) is 0 Å². The van der Waals surface area contributed by atoms with E-state index in [9.17, 15) is 9.59 Å². The van der Waals surface area contributed by atoms with E-state index in [2.05, 4.69) is 17.1 Å².